The van der Waals surface area contributed by atoms with Gasteiger partial charge in [0.05, 0.1) is 0 Å². The van der Waals surface area contributed by atoms with Crippen molar-refractivity contribution in [2.75, 3.05) is 12.3 Å². The van der Waals surface area contributed by atoms with Crippen LogP contribution in [-0.4, -0.2) is 23.2 Å². The van der Waals surface area contributed by atoms with E-state index in [2.05, 4.69) is 22.9 Å². The van der Waals surface area contributed by atoms with Gasteiger partial charge in [-0.25, -0.2) is 4.98 Å². The fourth-order valence-corrected chi connectivity index (χ4v) is 1.10. The quantitative estimate of drug-likeness (QED) is 0.714. The molecule has 5 heteroatoms. The van der Waals surface area contributed by atoms with Crippen LogP contribution >= 0.6 is 12.6 Å². The molecule has 0 unspecified atom stereocenters. The third-order valence-corrected chi connectivity index (χ3v) is 1.74. The minimum atomic E-state index is -0.205. The fourth-order valence-electron chi connectivity index (χ4n) is 0.993. The second-order valence-corrected chi connectivity index (χ2v) is 3.06. The van der Waals surface area contributed by atoms with Crippen LogP contribution in [0.25, 0.3) is 0 Å². The Labute approximate surface area is 82.1 Å². The van der Waals surface area contributed by atoms with Crippen molar-refractivity contribution in [2.24, 2.45) is 0 Å². The van der Waals surface area contributed by atoms with Crippen LogP contribution < -0.4 is 5.32 Å². The van der Waals surface area contributed by atoms with Gasteiger partial charge in [-0.2, -0.15) is 12.6 Å². The van der Waals surface area contributed by atoms with Crippen LogP contribution in [-0.2, 0) is 0 Å². The molecule has 1 aromatic rings. The molecule has 0 saturated heterocycles. The van der Waals surface area contributed by atoms with E-state index in [9.17, 15) is 4.79 Å². The number of rotatable bonds is 3. The van der Waals surface area contributed by atoms with Crippen LogP contribution in [0.5, 0.6) is 0 Å². The third-order valence-electron chi connectivity index (χ3n) is 1.52. The average Bonchev–Trinajstić information content (AvgIpc) is 2.41. The van der Waals surface area contributed by atoms with Crippen molar-refractivity contribution in [3.05, 3.63) is 17.3 Å². The minimum Gasteiger partial charge on any atom is -0.445 e. The lowest BCUT2D eigenvalue weighted by molar-refractivity contribution is 0.0950. The molecule has 0 aromatic carbocycles. The normalized spacial score (nSPS) is 10.1. The van der Waals surface area contributed by atoms with Crippen LogP contribution in [0.15, 0.2) is 4.42 Å². The summed E-state index contributed by atoms with van der Waals surface area (Å²) < 4.78 is 5.12. The number of aryl methyl sites for hydroxylation is 2. The highest BCUT2D eigenvalue weighted by Gasteiger charge is 2.14. The predicted molar refractivity (Wildman–Crippen MR) is 52.2 cm³/mol. The number of carbonyl (C=O) groups is 1. The van der Waals surface area contributed by atoms with Gasteiger partial charge in [0.1, 0.15) is 5.76 Å². The van der Waals surface area contributed by atoms with Gasteiger partial charge in [-0.3, -0.25) is 4.79 Å². The Morgan fingerprint density at radius 1 is 1.62 bits per heavy atom. The van der Waals surface area contributed by atoms with Crippen molar-refractivity contribution in [3.63, 3.8) is 0 Å². The zero-order chi connectivity index (χ0) is 9.84. The highest BCUT2D eigenvalue weighted by molar-refractivity contribution is 7.80. The van der Waals surface area contributed by atoms with E-state index in [1.165, 1.54) is 0 Å². The summed E-state index contributed by atoms with van der Waals surface area (Å²) in [6, 6.07) is 0. The highest BCUT2D eigenvalue weighted by Crippen LogP contribution is 2.08. The Morgan fingerprint density at radius 2 is 2.31 bits per heavy atom. The number of nitrogens with zero attached hydrogens (tertiary/aromatic N) is 1. The van der Waals surface area contributed by atoms with E-state index >= 15 is 0 Å². The van der Waals surface area contributed by atoms with Gasteiger partial charge in [0, 0.05) is 19.2 Å². The van der Waals surface area contributed by atoms with Crippen molar-refractivity contribution in [2.45, 2.75) is 13.8 Å². The van der Waals surface area contributed by atoms with Crippen molar-refractivity contribution < 1.29 is 9.21 Å². The molecule has 1 amide bonds. The summed E-state index contributed by atoms with van der Waals surface area (Å²) >= 11 is 3.98. The van der Waals surface area contributed by atoms with E-state index in [1.807, 2.05) is 0 Å². The van der Waals surface area contributed by atoms with E-state index < -0.39 is 0 Å². The summed E-state index contributed by atoms with van der Waals surface area (Å²) in [4.78, 5) is 15.3. The Bertz CT molecular complexity index is 309. The summed E-state index contributed by atoms with van der Waals surface area (Å²) in [5.41, 5.74) is 0.360. The molecule has 0 aliphatic rings. The highest BCUT2D eigenvalue weighted by atomic mass is 32.1. The first-order chi connectivity index (χ1) is 6.15. The topological polar surface area (TPSA) is 55.1 Å². The predicted octanol–water partition coefficient (Wildman–Crippen LogP) is 0.951. The maximum atomic E-state index is 11.4. The van der Waals surface area contributed by atoms with Crippen molar-refractivity contribution >= 4 is 18.5 Å². The molecule has 1 heterocycles. The van der Waals surface area contributed by atoms with E-state index in [0.29, 0.717) is 29.6 Å². The van der Waals surface area contributed by atoms with E-state index in [4.69, 9.17) is 4.42 Å². The Kier molecular flexibility index (Phi) is 3.36. The Morgan fingerprint density at radius 3 is 2.77 bits per heavy atom. The van der Waals surface area contributed by atoms with Crippen LogP contribution in [0.1, 0.15) is 22.1 Å². The smallest absolute Gasteiger partial charge is 0.273 e. The Balaban J connectivity index is 2.70. The third kappa shape index (κ3) is 2.48. The molecule has 1 N–H and O–H groups in total. The molecular formula is C8H12N2O2S. The summed E-state index contributed by atoms with van der Waals surface area (Å²) in [7, 11) is 0. The monoisotopic (exact) mass is 200 g/mol. The van der Waals surface area contributed by atoms with Gasteiger partial charge in [-0.05, 0) is 6.92 Å². The first-order valence-corrected chi connectivity index (χ1v) is 4.61. The van der Waals surface area contributed by atoms with Gasteiger partial charge in [0.2, 0.25) is 0 Å². The number of hydrogen-bond donors (Lipinski definition) is 2. The molecular weight excluding hydrogens is 188 g/mol. The largest absolute Gasteiger partial charge is 0.445 e. The van der Waals surface area contributed by atoms with Crippen molar-refractivity contribution in [3.8, 4) is 0 Å². The number of oxazole rings is 1. The van der Waals surface area contributed by atoms with E-state index in [0.717, 1.165) is 0 Å². The fraction of sp³-hybridized carbons (Fsp3) is 0.500. The van der Waals surface area contributed by atoms with Gasteiger partial charge >= 0.3 is 0 Å². The van der Waals surface area contributed by atoms with Gasteiger partial charge in [0.15, 0.2) is 11.6 Å². The summed E-state index contributed by atoms with van der Waals surface area (Å²) in [5, 5.41) is 2.66. The SMILES string of the molecule is Cc1nc(C(=O)NCCS)c(C)o1. The van der Waals surface area contributed by atoms with Crippen molar-refractivity contribution in [1.82, 2.24) is 10.3 Å². The zero-order valence-electron chi connectivity index (χ0n) is 7.63. The molecule has 13 heavy (non-hydrogen) atoms. The molecule has 0 spiro atoms. The summed E-state index contributed by atoms with van der Waals surface area (Å²) in [6.07, 6.45) is 0. The van der Waals surface area contributed by atoms with Crippen molar-refractivity contribution in [1.29, 1.82) is 0 Å². The van der Waals surface area contributed by atoms with E-state index in [-0.39, 0.29) is 5.91 Å². The lowest BCUT2D eigenvalue weighted by Crippen LogP contribution is -2.26. The van der Waals surface area contributed by atoms with E-state index in [1.54, 1.807) is 13.8 Å². The molecule has 1 aromatic heterocycles. The van der Waals surface area contributed by atoms with Gasteiger partial charge in [-0.1, -0.05) is 0 Å². The molecule has 0 atom stereocenters. The standard InChI is InChI=1S/C8H12N2O2S/c1-5-7(10-6(2)12-5)8(11)9-3-4-13/h13H,3-4H2,1-2H3,(H,9,11). The van der Waals surface area contributed by atoms with Gasteiger partial charge < -0.3 is 9.73 Å². The second-order valence-electron chi connectivity index (χ2n) is 2.62. The minimum absolute atomic E-state index is 0.205. The number of amides is 1. The summed E-state index contributed by atoms with van der Waals surface area (Å²) in [6.45, 7) is 3.96. The van der Waals surface area contributed by atoms with Crippen LogP contribution in [0.4, 0.5) is 0 Å². The first kappa shape index (κ1) is 10.1. The van der Waals surface area contributed by atoms with Crippen LogP contribution in [0, 0.1) is 13.8 Å². The zero-order valence-corrected chi connectivity index (χ0v) is 8.52. The summed E-state index contributed by atoms with van der Waals surface area (Å²) in [5.74, 6) is 1.47. The molecule has 0 aliphatic carbocycles. The lowest BCUT2D eigenvalue weighted by atomic mass is 10.3. The van der Waals surface area contributed by atoms with Crippen LogP contribution in [0.2, 0.25) is 0 Å². The second kappa shape index (κ2) is 4.32. The molecule has 0 fully saturated rings. The maximum Gasteiger partial charge on any atom is 0.273 e. The maximum absolute atomic E-state index is 11.4. The molecule has 0 saturated carbocycles. The number of thiol groups is 1. The molecule has 0 radical (unpaired) electrons. The van der Waals surface area contributed by atoms with Crippen LogP contribution in [0.3, 0.4) is 0 Å². The molecule has 0 aliphatic heterocycles. The lowest BCUT2D eigenvalue weighted by Gasteiger charge is -1.98. The molecule has 0 bridgehead atoms. The number of nitrogens with one attached hydrogen (secondary N) is 1. The number of hydrogen-bond acceptors (Lipinski definition) is 4. The molecule has 1 rings (SSSR count). The number of aromatic nitrogens is 1. The molecule has 4 nitrogen and oxygen atoms in total. The Hall–Kier alpha value is -0.970. The number of carbonyl (C=O) groups excluding carboxylic acids is 1. The molecule has 72 valence electrons. The first-order valence-electron chi connectivity index (χ1n) is 3.98. The van der Waals surface area contributed by atoms with Gasteiger partial charge in [-0.15, -0.1) is 0 Å². The van der Waals surface area contributed by atoms with Gasteiger partial charge in [0.25, 0.3) is 5.91 Å². The average molecular weight is 200 g/mol.